The lowest BCUT2D eigenvalue weighted by Gasteiger charge is -2.24. The topological polar surface area (TPSA) is 58.2 Å². The van der Waals surface area contributed by atoms with Crippen LogP contribution in [0.15, 0.2) is 54.6 Å². The summed E-state index contributed by atoms with van der Waals surface area (Å²) in [7, 11) is 0. The van der Waals surface area contributed by atoms with E-state index in [4.69, 9.17) is 0 Å². The summed E-state index contributed by atoms with van der Waals surface area (Å²) in [4.78, 5) is 24.2. The predicted octanol–water partition coefficient (Wildman–Crippen LogP) is 3.88. The lowest BCUT2D eigenvalue weighted by atomic mass is 9.84. The molecule has 0 unspecified atom stereocenters. The van der Waals surface area contributed by atoms with Gasteiger partial charge in [-0.15, -0.1) is 0 Å². The molecule has 2 amide bonds. The van der Waals surface area contributed by atoms with E-state index in [0.717, 1.165) is 16.8 Å². The fourth-order valence-corrected chi connectivity index (χ4v) is 2.38. The van der Waals surface area contributed by atoms with Crippen molar-refractivity contribution in [2.24, 2.45) is 5.92 Å². The number of rotatable bonds is 6. The van der Waals surface area contributed by atoms with Crippen molar-refractivity contribution in [1.29, 1.82) is 0 Å². The van der Waals surface area contributed by atoms with Gasteiger partial charge in [-0.3, -0.25) is 9.59 Å². The average molecular weight is 338 g/mol. The van der Waals surface area contributed by atoms with Crippen molar-refractivity contribution in [2.75, 3.05) is 5.32 Å². The Labute approximate surface area is 149 Å². The van der Waals surface area contributed by atoms with Crippen LogP contribution in [0.4, 0.5) is 5.69 Å². The number of benzene rings is 2. The number of carbonyl (C=O) groups excluding carboxylic acids is 2. The molecule has 0 spiro atoms. The third-order valence-electron chi connectivity index (χ3n) is 4.26. The lowest BCUT2D eigenvalue weighted by Crippen LogP contribution is -2.39. The van der Waals surface area contributed by atoms with E-state index in [9.17, 15) is 9.59 Å². The van der Waals surface area contributed by atoms with Gasteiger partial charge in [0.25, 0.3) is 0 Å². The molecule has 0 aliphatic rings. The van der Waals surface area contributed by atoms with Gasteiger partial charge in [-0.05, 0) is 37.1 Å². The molecule has 0 aliphatic heterocycles. The van der Waals surface area contributed by atoms with Crippen LogP contribution < -0.4 is 10.6 Å². The van der Waals surface area contributed by atoms with Crippen LogP contribution in [-0.4, -0.2) is 11.8 Å². The first-order valence-corrected chi connectivity index (χ1v) is 8.54. The number of amides is 2. The summed E-state index contributed by atoms with van der Waals surface area (Å²) in [5.74, 6) is -0.0827. The molecule has 25 heavy (non-hydrogen) atoms. The molecule has 0 heterocycles. The predicted molar refractivity (Wildman–Crippen MR) is 101 cm³/mol. The van der Waals surface area contributed by atoms with Gasteiger partial charge in [-0.1, -0.05) is 56.3 Å². The van der Waals surface area contributed by atoms with E-state index in [1.54, 1.807) is 0 Å². The molecule has 0 atom stereocenters. The Morgan fingerprint density at radius 2 is 1.56 bits per heavy atom. The Kier molecular flexibility index (Phi) is 5.97. The van der Waals surface area contributed by atoms with Crippen molar-refractivity contribution in [3.05, 3.63) is 65.7 Å². The van der Waals surface area contributed by atoms with Crippen LogP contribution in [0, 0.1) is 5.92 Å². The van der Waals surface area contributed by atoms with Crippen molar-refractivity contribution in [1.82, 2.24) is 5.32 Å². The molecule has 0 saturated carbocycles. The molecule has 132 valence electrons. The molecule has 2 aromatic carbocycles. The summed E-state index contributed by atoms with van der Waals surface area (Å²) in [5.41, 5.74) is 2.14. The summed E-state index contributed by atoms with van der Waals surface area (Å²) >= 11 is 0. The van der Waals surface area contributed by atoms with E-state index < -0.39 is 5.41 Å². The molecule has 2 N–H and O–H groups in total. The van der Waals surface area contributed by atoms with Crippen molar-refractivity contribution < 1.29 is 9.59 Å². The zero-order chi connectivity index (χ0) is 18.4. The standard InChI is InChI=1S/C21H26N2O2/c1-15(2)19(24)23-18-12-10-16(11-13-18)14-22-20(25)21(3,4)17-8-6-5-7-9-17/h5-13,15H,14H2,1-4H3,(H,22,25)(H,23,24). The van der Waals surface area contributed by atoms with E-state index in [1.165, 1.54) is 0 Å². The summed E-state index contributed by atoms with van der Waals surface area (Å²) in [6.45, 7) is 8.00. The van der Waals surface area contributed by atoms with Crippen LogP contribution in [0.25, 0.3) is 0 Å². The van der Waals surface area contributed by atoms with Gasteiger partial charge in [-0.25, -0.2) is 0 Å². The first-order chi connectivity index (χ1) is 11.8. The zero-order valence-electron chi connectivity index (χ0n) is 15.3. The van der Waals surface area contributed by atoms with Crippen LogP contribution >= 0.6 is 0 Å². The van der Waals surface area contributed by atoms with Crippen LogP contribution in [0.3, 0.4) is 0 Å². The lowest BCUT2D eigenvalue weighted by molar-refractivity contribution is -0.125. The highest BCUT2D eigenvalue weighted by atomic mass is 16.2. The SMILES string of the molecule is CC(C)C(=O)Nc1ccc(CNC(=O)C(C)(C)c2ccccc2)cc1. The third-order valence-corrected chi connectivity index (χ3v) is 4.26. The average Bonchev–Trinajstić information content (AvgIpc) is 2.61. The fraction of sp³-hybridized carbons (Fsp3) is 0.333. The second kappa shape index (κ2) is 7.97. The van der Waals surface area contributed by atoms with Crippen molar-refractivity contribution >= 4 is 17.5 Å². The molecular weight excluding hydrogens is 312 g/mol. The molecule has 0 fully saturated rings. The van der Waals surface area contributed by atoms with Crippen LogP contribution in [-0.2, 0) is 21.5 Å². The van der Waals surface area contributed by atoms with Crippen LogP contribution in [0.1, 0.15) is 38.8 Å². The van der Waals surface area contributed by atoms with Gasteiger partial charge < -0.3 is 10.6 Å². The molecule has 4 nitrogen and oxygen atoms in total. The zero-order valence-corrected chi connectivity index (χ0v) is 15.3. The smallest absolute Gasteiger partial charge is 0.230 e. The Morgan fingerprint density at radius 1 is 0.960 bits per heavy atom. The van der Waals surface area contributed by atoms with E-state index in [2.05, 4.69) is 10.6 Å². The Balaban J connectivity index is 1.95. The summed E-state index contributed by atoms with van der Waals surface area (Å²) in [6, 6.07) is 17.3. The van der Waals surface area contributed by atoms with Gasteiger partial charge in [0.15, 0.2) is 0 Å². The van der Waals surface area contributed by atoms with Crippen molar-refractivity contribution in [2.45, 2.75) is 39.7 Å². The van der Waals surface area contributed by atoms with Crippen molar-refractivity contribution in [3.63, 3.8) is 0 Å². The summed E-state index contributed by atoms with van der Waals surface area (Å²) < 4.78 is 0. The second-order valence-electron chi connectivity index (χ2n) is 7.01. The number of nitrogens with one attached hydrogen (secondary N) is 2. The molecule has 0 aromatic heterocycles. The fourth-order valence-electron chi connectivity index (χ4n) is 2.38. The molecule has 0 radical (unpaired) electrons. The van der Waals surface area contributed by atoms with Gasteiger partial charge in [-0.2, -0.15) is 0 Å². The first kappa shape index (κ1) is 18.7. The Morgan fingerprint density at radius 3 is 2.12 bits per heavy atom. The van der Waals surface area contributed by atoms with Gasteiger partial charge in [0.2, 0.25) is 11.8 Å². The Bertz CT molecular complexity index is 719. The molecule has 0 bridgehead atoms. The van der Waals surface area contributed by atoms with Crippen LogP contribution in [0.2, 0.25) is 0 Å². The molecule has 2 aromatic rings. The summed E-state index contributed by atoms with van der Waals surface area (Å²) in [6.07, 6.45) is 0. The molecular formula is C21H26N2O2. The van der Waals surface area contributed by atoms with Crippen LogP contribution in [0.5, 0.6) is 0 Å². The highest BCUT2D eigenvalue weighted by molar-refractivity contribution is 5.92. The monoisotopic (exact) mass is 338 g/mol. The molecule has 0 aliphatic carbocycles. The van der Waals surface area contributed by atoms with Gasteiger partial charge in [0.05, 0.1) is 5.41 Å². The summed E-state index contributed by atoms with van der Waals surface area (Å²) in [5, 5.41) is 5.84. The van der Waals surface area contributed by atoms with Gasteiger partial charge in [0.1, 0.15) is 0 Å². The Hall–Kier alpha value is -2.62. The minimum atomic E-state index is -0.591. The second-order valence-corrected chi connectivity index (χ2v) is 7.01. The quantitative estimate of drug-likeness (QED) is 0.840. The van der Waals surface area contributed by atoms with Gasteiger partial charge in [0, 0.05) is 18.2 Å². The highest BCUT2D eigenvalue weighted by Gasteiger charge is 2.29. The van der Waals surface area contributed by atoms with E-state index in [1.807, 2.05) is 82.3 Å². The van der Waals surface area contributed by atoms with Gasteiger partial charge >= 0.3 is 0 Å². The normalized spacial score (nSPS) is 11.2. The maximum absolute atomic E-state index is 12.6. The largest absolute Gasteiger partial charge is 0.351 e. The van der Waals surface area contributed by atoms with Crippen molar-refractivity contribution in [3.8, 4) is 0 Å². The number of anilines is 1. The maximum Gasteiger partial charge on any atom is 0.230 e. The third kappa shape index (κ3) is 4.92. The molecule has 2 rings (SSSR count). The van der Waals surface area contributed by atoms with E-state index >= 15 is 0 Å². The number of hydrogen-bond acceptors (Lipinski definition) is 2. The highest BCUT2D eigenvalue weighted by Crippen LogP contribution is 2.23. The van der Waals surface area contributed by atoms with E-state index in [0.29, 0.717) is 6.54 Å². The minimum Gasteiger partial charge on any atom is -0.351 e. The number of hydrogen-bond donors (Lipinski definition) is 2. The minimum absolute atomic E-state index is 0.00864. The number of carbonyl (C=O) groups is 2. The first-order valence-electron chi connectivity index (χ1n) is 8.54. The molecule has 4 heteroatoms. The maximum atomic E-state index is 12.6. The van der Waals surface area contributed by atoms with E-state index in [-0.39, 0.29) is 17.7 Å². The molecule has 0 saturated heterocycles.